The summed E-state index contributed by atoms with van der Waals surface area (Å²) in [4.78, 5) is 9.44. The molecule has 1 saturated carbocycles. The number of halogens is 1. The number of rotatable bonds is 9. The van der Waals surface area contributed by atoms with Crippen molar-refractivity contribution >= 4 is 28.1 Å². The maximum atomic E-state index is 6.51. The highest BCUT2D eigenvalue weighted by Gasteiger charge is 2.22. The van der Waals surface area contributed by atoms with Crippen molar-refractivity contribution in [3.8, 4) is 11.3 Å². The van der Waals surface area contributed by atoms with Crippen LogP contribution in [0, 0.1) is 11.8 Å². The Bertz CT molecular complexity index is 816. The van der Waals surface area contributed by atoms with E-state index in [-0.39, 0.29) is 0 Å². The number of hydrogen-bond acceptors (Lipinski definition) is 6. The molecule has 2 N–H and O–H groups in total. The first-order valence-corrected chi connectivity index (χ1v) is 13.1. The Morgan fingerprint density at radius 3 is 2.71 bits per heavy atom. The summed E-state index contributed by atoms with van der Waals surface area (Å²) >= 11 is 8.16. The van der Waals surface area contributed by atoms with Gasteiger partial charge in [-0.3, -0.25) is 4.98 Å². The fourth-order valence-electron chi connectivity index (χ4n) is 4.67. The molecule has 31 heavy (non-hydrogen) atoms. The Morgan fingerprint density at radius 1 is 1.13 bits per heavy atom. The molecule has 1 aliphatic carbocycles. The Balaban J connectivity index is 1.33. The Labute approximate surface area is 195 Å². The van der Waals surface area contributed by atoms with E-state index in [0.717, 1.165) is 67.6 Å². The summed E-state index contributed by atoms with van der Waals surface area (Å²) < 4.78 is 5.45. The molecule has 5 nitrogen and oxygen atoms in total. The summed E-state index contributed by atoms with van der Waals surface area (Å²) in [5, 5.41) is 10.9. The van der Waals surface area contributed by atoms with E-state index in [0.29, 0.717) is 22.9 Å². The van der Waals surface area contributed by atoms with Crippen LogP contribution in [0.3, 0.4) is 0 Å². The molecule has 4 rings (SSSR count). The molecule has 0 radical (unpaired) electrons. The van der Waals surface area contributed by atoms with E-state index in [4.69, 9.17) is 21.3 Å². The monoisotopic (exact) mass is 462 g/mol. The SMILES string of the molecule is CCCNC1CCC(Cc2cc(-c3csc(NCC4CCOCC4)n3)c(Cl)cn2)CC1. The minimum Gasteiger partial charge on any atom is -0.381 e. The van der Waals surface area contributed by atoms with Crippen LogP contribution in [0.25, 0.3) is 11.3 Å². The minimum atomic E-state index is 0.671. The van der Waals surface area contributed by atoms with Crippen molar-refractivity contribution in [1.82, 2.24) is 15.3 Å². The van der Waals surface area contributed by atoms with Crippen molar-refractivity contribution in [3.63, 3.8) is 0 Å². The molecule has 0 bridgehead atoms. The van der Waals surface area contributed by atoms with Gasteiger partial charge >= 0.3 is 0 Å². The maximum Gasteiger partial charge on any atom is 0.183 e. The first-order valence-electron chi connectivity index (χ1n) is 11.9. The van der Waals surface area contributed by atoms with Gasteiger partial charge in [-0.1, -0.05) is 18.5 Å². The average Bonchev–Trinajstić information content (AvgIpc) is 3.28. The molecule has 0 atom stereocenters. The largest absolute Gasteiger partial charge is 0.381 e. The Kier molecular flexibility index (Phi) is 8.59. The van der Waals surface area contributed by atoms with Crippen LogP contribution in [-0.4, -0.2) is 42.3 Å². The molecule has 0 unspecified atom stereocenters. The van der Waals surface area contributed by atoms with E-state index < -0.39 is 0 Å². The average molecular weight is 463 g/mol. The van der Waals surface area contributed by atoms with E-state index >= 15 is 0 Å². The Hall–Kier alpha value is -1.21. The highest BCUT2D eigenvalue weighted by atomic mass is 35.5. The summed E-state index contributed by atoms with van der Waals surface area (Å²) in [6.45, 7) is 6.08. The van der Waals surface area contributed by atoms with Crippen LogP contribution in [0.5, 0.6) is 0 Å². The molecule has 2 aromatic heterocycles. The molecule has 2 fully saturated rings. The molecule has 3 heterocycles. The Morgan fingerprint density at radius 2 is 1.94 bits per heavy atom. The van der Waals surface area contributed by atoms with Gasteiger partial charge in [0.15, 0.2) is 5.13 Å². The van der Waals surface area contributed by atoms with Crippen LogP contribution >= 0.6 is 22.9 Å². The van der Waals surface area contributed by atoms with Crippen LogP contribution in [0.15, 0.2) is 17.6 Å². The fourth-order valence-corrected chi connectivity index (χ4v) is 5.59. The summed E-state index contributed by atoms with van der Waals surface area (Å²) in [7, 11) is 0. The summed E-state index contributed by atoms with van der Waals surface area (Å²) in [5.74, 6) is 1.39. The van der Waals surface area contributed by atoms with Crippen LogP contribution in [0.4, 0.5) is 5.13 Å². The smallest absolute Gasteiger partial charge is 0.183 e. The van der Waals surface area contributed by atoms with Gasteiger partial charge in [-0.2, -0.15) is 0 Å². The van der Waals surface area contributed by atoms with Crippen LogP contribution in [-0.2, 0) is 11.2 Å². The molecule has 2 aromatic rings. The van der Waals surface area contributed by atoms with E-state index in [1.165, 1.54) is 32.1 Å². The number of ether oxygens (including phenoxy) is 1. The van der Waals surface area contributed by atoms with Crippen molar-refractivity contribution in [1.29, 1.82) is 0 Å². The van der Waals surface area contributed by atoms with Crippen LogP contribution in [0.2, 0.25) is 5.02 Å². The number of pyridine rings is 1. The van der Waals surface area contributed by atoms with E-state index in [9.17, 15) is 0 Å². The van der Waals surface area contributed by atoms with Gasteiger partial charge in [-0.05, 0) is 75.8 Å². The lowest BCUT2D eigenvalue weighted by Crippen LogP contribution is -2.34. The van der Waals surface area contributed by atoms with Gasteiger partial charge in [0, 0.05) is 48.6 Å². The topological polar surface area (TPSA) is 59.1 Å². The summed E-state index contributed by atoms with van der Waals surface area (Å²) in [6.07, 6.45) is 11.4. The lowest BCUT2D eigenvalue weighted by Gasteiger charge is -2.29. The maximum absolute atomic E-state index is 6.51. The molecule has 1 aliphatic heterocycles. The van der Waals surface area contributed by atoms with E-state index in [2.05, 4.69) is 34.0 Å². The van der Waals surface area contributed by atoms with E-state index in [1.54, 1.807) is 17.5 Å². The highest BCUT2D eigenvalue weighted by molar-refractivity contribution is 7.14. The third kappa shape index (κ3) is 6.64. The van der Waals surface area contributed by atoms with E-state index in [1.807, 2.05) is 0 Å². The van der Waals surface area contributed by atoms with Crippen molar-refractivity contribution in [2.75, 3.05) is 31.6 Å². The number of nitrogens with zero attached hydrogens (tertiary/aromatic N) is 2. The van der Waals surface area contributed by atoms with Crippen molar-refractivity contribution in [2.24, 2.45) is 11.8 Å². The quantitative estimate of drug-likeness (QED) is 0.493. The van der Waals surface area contributed by atoms with Gasteiger partial charge in [-0.25, -0.2) is 4.98 Å². The molecule has 0 spiro atoms. The number of aromatic nitrogens is 2. The summed E-state index contributed by atoms with van der Waals surface area (Å²) in [6, 6.07) is 2.85. The second-order valence-corrected chi connectivity index (χ2v) is 10.3. The first-order chi connectivity index (χ1) is 15.2. The molecule has 170 valence electrons. The van der Waals surface area contributed by atoms with Gasteiger partial charge in [0.05, 0.1) is 10.7 Å². The fraction of sp³-hybridized carbons (Fsp3) is 0.667. The normalized spacial score (nSPS) is 22.5. The van der Waals surface area contributed by atoms with Gasteiger partial charge in [0.25, 0.3) is 0 Å². The molecular formula is C24H35ClN4OS. The van der Waals surface area contributed by atoms with Gasteiger partial charge in [-0.15, -0.1) is 11.3 Å². The zero-order valence-electron chi connectivity index (χ0n) is 18.5. The molecule has 0 aromatic carbocycles. The van der Waals surface area contributed by atoms with Crippen LogP contribution < -0.4 is 10.6 Å². The standard InChI is InChI=1S/C24H35ClN4OS/c1-2-9-26-19-5-3-17(4-6-19)12-20-13-21(22(25)15-27-20)23-16-31-24(29-23)28-14-18-7-10-30-11-8-18/h13,15-19,26H,2-12,14H2,1H3,(H,28,29). The number of nitrogens with one attached hydrogen (secondary N) is 2. The van der Waals surface area contributed by atoms with Crippen molar-refractivity contribution in [3.05, 3.63) is 28.4 Å². The predicted octanol–water partition coefficient (Wildman–Crippen LogP) is 5.80. The molecule has 1 saturated heterocycles. The molecular weight excluding hydrogens is 428 g/mol. The summed E-state index contributed by atoms with van der Waals surface area (Å²) in [5.41, 5.74) is 3.08. The van der Waals surface area contributed by atoms with Gasteiger partial charge in [0.2, 0.25) is 0 Å². The first kappa shape index (κ1) is 23.0. The lowest BCUT2D eigenvalue weighted by molar-refractivity contribution is 0.0699. The zero-order valence-corrected chi connectivity index (χ0v) is 20.1. The number of anilines is 1. The second-order valence-electron chi connectivity index (χ2n) is 9.01. The zero-order chi connectivity index (χ0) is 21.5. The lowest BCUT2D eigenvalue weighted by atomic mass is 9.83. The number of thiazole rings is 1. The number of hydrogen-bond donors (Lipinski definition) is 2. The predicted molar refractivity (Wildman–Crippen MR) is 130 cm³/mol. The van der Waals surface area contributed by atoms with Crippen LogP contribution in [0.1, 0.15) is 57.6 Å². The van der Waals surface area contributed by atoms with Crippen molar-refractivity contribution < 1.29 is 4.74 Å². The van der Waals surface area contributed by atoms with Crippen molar-refractivity contribution in [2.45, 2.75) is 64.3 Å². The second kappa shape index (κ2) is 11.6. The molecule has 7 heteroatoms. The highest BCUT2D eigenvalue weighted by Crippen LogP contribution is 2.33. The minimum absolute atomic E-state index is 0.671. The third-order valence-corrected chi connectivity index (χ3v) is 7.70. The molecule has 2 aliphatic rings. The van der Waals surface area contributed by atoms with Gasteiger partial charge in [0.1, 0.15) is 0 Å². The van der Waals surface area contributed by atoms with Gasteiger partial charge < -0.3 is 15.4 Å². The third-order valence-electron chi connectivity index (χ3n) is 6.60. The molecule has 0 amide bonds.